The lowest BCUT2D eigenvalue weighted by Gasteiger charge is -2.40. The second-order valence-electron chi connectivity index (χ2n) is 5.74. The maximum atomic E-state index is 11.9. The Labute approximate surface area is 127 Å². The molecule has 6 heteroatoms. The van der Waals surface area contributed by atoms with E-state index in [9.17, 15) is 4.79 Å². The smallest absolute Gasteiger partial charge is 0.410 e. The molecule has 1 saturated heterocycles. The molecular weight excluding hydrogens is 324 g/mol. The van der Waals surface area contributed by atoms with E-state index >= 15 is 0 Å². The summed E-state index contributed by atoms with van der Waals surface area (Å²) in [4.78, 5) is 17.7. The van der Waals surface area contributed by atoms with Crippen molar-refractivity contribution in [3.63, 3.8) is 0 Å². The fourth-order valence-corrected chi connectivity index (χ4v) is 2.05. The molecule has 0 unspecified atom stereocenters. The number of pyridine rings is 1. The first-order valence-electron chi connectivity index (χ1n) is 6.59. The van der Waals surface area contributed by atoms with Gasteiger partial charge in [-0.25, -0.2) is 9.78 Å². The summed E-state index contributed by atoms with van der Waals surface area (Å²) >= 11 is 3.27. The molecule has 2 heterocycles. The lowest BCUT2D eigenvalue weighted by molar-refractivity contribution is -0.0141. The van der Waals surface area contributed by atoms with Gasteiger partial charge in [-0.2, -0.15) is 0 Å². The van der Waals surface area contributed by atoms with Crippen molar-refractivity contribution in [2.45, 2.75) is 38.8 Å². The largest absolute Gasteiger partial charge is 0.490 e. The van der Waals surface area contributed by atoms with Gasteiger partial charge < -0.3 is 14.4 Å². The van der Waals surface area contributed by atoms with Crippen molar-refractivity contribution >= 4 is 22.0 Å². The van der Waals surface area contributed by atoms with Gasteiger partial charge in [0.05, 0.1) is 12.2 Å². The lowest BCUT2D eigenvalue weighted by Crippen LogP contribution is -2.55. The first-order chi connectivity index (χ1) is 9.35. The Balaban J connectivity index is 1.82. The van der Waals surface area contributed by atoms with E-state index in [0.29, 0.717) is 12.4 Å². The van der Waals surface area contributed by atoms with Gasteiger partial charge in [0.1, 0.15) is 22.6 Å². The molecule has 1 aliphatic rings. The van der Waals surface area contributed by atoms with Crippen LogP contribution in [0.5, 0.6) is 5.75 Å². The van der Waals surface area contributed by atoms with E-state index in [4.69, 9.17) is 9.47 Å². The van der Waals surface area contributed by atoms with E-state index in [1.807, 2.05) is 32.9 Å². The van der Waals surface area contributed by atoms with E-state index in [-0.39, 0.29) is 12.1 Å². The Morgan fingerprint density at radius 1 is 1.50 bits per heavy atom. The second-order valence-corrected chi connectivity index (χ2v) is 6.56. The number of carbonyl (C=O) groups is 1. The number of rotatable bonds is 3. The topological polar surface area (TPSA) is 51.7 Å². The maximum Gasteiger partial charge on any atom is 0.410 e. The summed E-state index contributed by atoms with van der Waals surface area (Å²) in [5.41, 5.74) is -0.465. The van der Waals surface area contributed by atoms with Crippen LogP contribution in [0.1, 0.15) is 27.2 Å². The lowest BCUT2D eigenvalue weighted by atomic mass is 10.1. The second kappa shape index (κ2) is 5.99. The van der Waals surface area contributed by atoms with Crippen LogP contribution < -0.4 is 4.74 Å². The van der Waals surface area contributed by atoms with Crippen LogP contribution in [0.15, 0.2) is 22.9 Å². The van der Waals surface area contributed by atoms with Gasteiger partial charge in [-0.15, -0.1) is 0 Å². The van der Waals surface area contributed by atoms with E-state index in [1.165, 1.54) is 0 Å². The highest BCUT2D eigenvalue weighted by atomic mass is 79.9. The highest BCUT2D eigenvalue weighted by Crippen LogP contribution is 2.22. The third-order valence-corrected chi connectivity index (χ3v) is 3.38. The number of amides is 1. The molecule has 1 aromatic rings. The number of halogens is 1. The zero-order chi connectivity index (χ0) is 14.8. The van der Waals surface area contributed by atoms with Gasteiger partial charge in [-0.1, -0.05) is 0 Å². The van der Waals surface area contributed by atoms with Crippen LogP contribution in [-0.4, -0.2) is 40.8 Å². The van der Waals surface area contributed by atoms with Gasteiger partial charge in [0, 0.05) is 6.54 Å². The van der Waals surface area contributed by atoms with Crippen molar-refractivity contribution in [2.24, 2.45) is 0 Å². The first-order valence-corrected chi connectivity index (χ1v) is 7.38. The predicted molar refractivity (Wildman–Crippen MR) is 78.8 cm³/mol. The summed E-state index contributed by atoms with van der Waals surface area (Å²) < 4.78 is 11.8. The molecule has 0 bridgehead atoms. The van der Waals surface area contributed by atoms with Gasteiger partial charge in [-0.3, -0.25) is 0 Å². The standard InChI is InChI=1S/C14H19BrN2O3/c1-14(2,3)20-13(18)17-7-6-10(17)9-19-11-4-5-12(15)16-8-11/h4-5,8,10H,6-7,9H2,1-3H3/t10-/m0/s1. The SMILES string of the molecule is CC(C)(C)OC(=O)N1CC[C@H]1COc1ccc(Br)nc1. The first kappa shape index (κ1) is 15.1. The molecule has 1 amide bonds. The number of carbonyl (C=O) groups excluding carboxylic acids is 1. The van der Waals surface area contributed by atoms with Crippen molar-refractivity contribution in [2.75, 3.05) is 13.2 Å². The van der Waals surface area contributed by atoms with Crippen LogP contribution in [0.2, 0.25) is 0 Å². The highest BCUT2D eigenvalue weighted by Gasteiger charge is 2.35. The van der Waals surface area contributed by atoms with E-state index in [1.54, 1.807) is 11.1 Å². The van der Waals surface area contributed by atoms with Crippen LogP contribution in [0, 0.1) is 0 Å². The van der Waals surface area contributed by atoms with Crippen LogP contribution in [0.3, 0.4) is 0 Å². The molecule has 0 aromatic carbocycles. The summed E-state index contributed by atoms with van der Waals surface area (Å²) in [6.45, 7) is 6.78. The number of hydrogen-bond acceptors (Lipinski definition) is 4. The fraction of sp³-hybridized carbons (Fsp3) is 0.571. The zero-order valence-electron chi connectivity index (χ0n) is 11.9. The fourth-order valence-electron chi connectivity index (χ4n) is 1.82. The zero-order valence-corrected chi connectivity index (χ0v) is 13.5. The normalized spacial score (nSPS) is 18.4. The monoisotopic (exact) mass is 342 g/mol. The molecule has 1 aliphatic heterocycles. The molecule has 1 atom stereocenters. The quantitative estimate of drug-likeness (QED) is 0.791. The van der Waals surface area contributed by atoms with E-state index in [0.717, 1.165) is 17.6 Å². The van der Waals surface area contributed by atoms with Crippen LogP contribution in [0.4, 0.5) is 4.79 Å². The molecule has 1 fully saturated rings. The van der Waals surface area contributed by atoms with Crippen LogP contribution in [0.25, 0.3) is 0 Å². The molecule has 5 nitrogen and oxygen atoms in total. The van der Waals surface area contributed by atoms with E-state index < -0.39 is 5.60 Å². The number of ether oxygens (including phenoxy) is 2. The molecule has 0 spiro atoms. The van der Waals surface area contributed by atoms with Crippen LogP contribution in [-0.2, 0) is 4.74 Å². The van der Waals surface area contributed by atoms with Gasteiger partial charge in [0.15, 0.2) is 0 Å². The van der Waals surface area contributed by atoms with Crippen molar-refractivity contribution in [1.82, 2.24) is 9.88 Å². The molecule has 2 rings (SSSR count). The minimum atomic E-state index is -0.465. The number of likely N-dealkylation sites (tertiary alicyclic amines) is 1. The summed E-state index contributed by atoms with van der Waals surface area (Å²) in [6, 6.07) is 3.74. The van der Waals surface area contributed by atoms with Gasteiger partial charge in [0.25, 0.3) is 0 Å². The third kappa shape index (κ3) is 4.10. The average molecular weight is 343 g/mol. The van der Waals surface area contributed by atoms with Crippen molar-refractivity contribution in [3.8, 4) is 5.75 Å². The molecule has 110 valence electrons. The summed E-state index contributed by atoms with van der Waals surface area (Å²) in [6.07, 6.45) is 2.32. The molecule has 0 saturated carbocycles. The minimum absolute atomic E-state index is 0.0773. The summed E-state index contributed by atoms with van der Waals surface area (Å²) in [5.74, 6) is 0.698. The molecule has 0 radical (unpaired) electrons. The average Bonchev–Trinajstić information content (AvgIpc) is 2.27. The Hall–Kier alpha value is -1.30. The summed E-state index contributed by atoms with van der Waals surface area (Å²) in [5, 5.41) is 0. The van der Waals surface area contributed by atoms with Gasteiger partial charge in [-0.05, 0) is 55.3 Å². The van der Waals surface area contributed by atoms with Gasteiger partial charge >= 0.3 is 6.09 Å². The Kier molecular flexibility index (Phi) is 4.52. The molecule has 0 N–H and O–H groups in total. The maximum absolute atomic E-state index is 11.9. The molecule has 1 aromatic heterocycles. The Bertz CT molecular complexity index is 470. The Morgan fingerprint density at radius 3 is 2.75 bits per heavy atom. The van der Waals surface area contributed by atoms with Crippen molar-refractivity contribution < 1.29 is 14.3 Å². The number of aromatic nitrogens is 1. The molecular formula is C14H19BrN2O3. The minimum Gasteiger partial charge on any atom is -0.490 e. The number of nitrogens with zero attached hydrogens (tertiary/aromatic N) is 2. The highest BCUT2D eigenvalue weighted by molar-refractivity contribution is 9.10. The van der Waals surface area contributed by atoms with Gasteiger partial charge in [0.2, 0.25) is 0 Å². The van der Waals surface area contributed by atoms with Crippen molar-refractivity contribution in [1.29, 1.82) is 0 Å². The van der Waals surface area contributed by atoms with E-state index in [2.05, 4.69) is 20.9 Å². The third-order valence-electron chi connectivity index (χ3n) is 2.91. The number of hydrogen-bond donors (Lipinski definition) is 0. The van der Waals surface area contributed by atoms with Crippen molar-refractivity contribution in [3.05, 3.63) is 22.9 Å². The summed E-state index contributed by atoms with van der Waals surface area (Å²) in [7, 11) is 0. The van der Waals surface area contributed by atoms with Crippen LogP contribution >= 0.6 is 15.9 Å². The predicted octanol–water partition coefficient (Wildman–Crippen LogP) is 3.23. The molecule has 0 aliphatic carbocycles. The Morgan fingerprint density at radius 2 is 2.25 bits per heavy atom. The molecule has 20 heavy (non-hydrogen) atoms.